The van der Waals surface area contributed by atoms with Gasteiger partial charge in [0.1, 0.15) is 0 Å². The molecule has 0 fully saturated rings. The van der Waals surface area contributed by atoms with Crippen molar-refractivity contribution in [1.82, 2.24) is 0 Å². The van der Waals surface area contributed by atoms with E-state index in [1.54, 1.807) is 0 Å². The van der Waals surface area contributed by atoms with E-state index >= 15 is 0 Å². The van der Waals surface area contributed by atoms with Crippen LogP contribution >= 0.6 is 27.3 Å². The van der Waals surface area contributed by atoms with Gasteiger partial charge in [0.25, 0.3) is 0 Å². The van der Waals surface area contributed by atoms with E-state index in [0.29, 0.717) is 0 Å². The zero-order valence-electron chi connectivity index (χ0n) is 10.0. The maximum atomic E-state index is 3.52. The minimum Gasteiger partial charge on any atom is -0.383 e. The topological polar surface area (TPSA) is 15.3 Å². The lowest BCUT2D eigenvalue weighted by atomic mass is 10.2. The Balaban J connectivity index is 1.87. The number of nitrogens with one attached hydrogen (secondary N) is 1. The SMILES string of the molecule is Brc1csc(CN2CCCNc3ccccc32)c1. The first kappa shape index (κ1) is 12.1. The van der Waals surface area contributed by atoms with E-state index in [1.165, 1.54) is 27.1 Å². The van der Waals surface area contributed by atoms with Gasteiger partial charge in [0, 0.05) is 27.8 Å². The molecule has 0 amide bonds. The van der Waals surface area contributed by atoms with Crippen molar-refractivity contribution in [1.29, 1.82) is 0 Å². The van der Waals surface area contributed by atoms with Crippen LogP contribution in [0.15, 0.2) is 40.2 Å². The van der Waals surface area contributed by atoms with Gasteiger partial charge in [-0.3, -0.25) is 0 Å². The molecule has 3 rings (SSSR count). The van der Waals surface area contributed by atoms with Crippen molar-refractivity contribution in [3.63, 3.8) is 0 Å². The van der Waals surface area contributed by atoms with E-state index in [4.69, 9.17) is 0 Å². The third kappa shape index (κ3) is 2.54. The van der Waals surface area contributed by atoms with E-state index in [-0.39, 0.29) is 0 Å². The molecular weight excluding hydrogens is 308 g/mol. The molecule has 1 aliphatic rings. The van der Waals surface area contributed by atoms with Gasteiger partial charge in [-0.2, -0.15) is 0 Å². The number of thiophene rings is 1. The van der Waals surface area contributed by atoms with Crippen molar-refractivity contribution in [2.24, 2.45) is 0 Å². The molecule has 0 saturated heterocycles. The van der Waals surface area contributed by atoms with Crippen molar-refractivity contribution in [3.05, 3.63) is 45.1 Å². The first-order valence-corrected chi connectivity index (χ1v) is 7.81. The van der Waals surface area contributed by atoms with Gasteiger partial charge >= 0.3 is 0 Å². The first-order chi connectivity index (χ1) is 8.83. The average Bonchev–Trinajstić information content (AvgIpc) is 2.68. The Morgan fingerprint density at radius 2 is 2.22 bits per heavy atom. The number of hydrogen-bond donors (Lipinski definition) is 1. The molecule has 1 aromatic heterocycles. The van der Waals surface area contributed by atoms with Crippen molar-refractivity contribution >= 4 is 38.6 Å². The summed E-state index contributed by atoms with van der Waals surface area (Å²) in [5.41, 5.74) is 2.57. The van der Waals surface area contributed by atoms with Gasteiger partial charge < -0.3 is 10.2 Å². The van der Waals surface area contributed by atoms with Gasteiger partial charge in [0.2, 0.25) is 0 Å². The van der Waals surface area contributed by atoms with Crippen molar-refractivity contribution in [3.8, 4) is 0 Å². The predicted molar refractivity (Wildman–Crippen MR) is 82.6 cm³/mol. The molecule has 2 heterocycles. The molecule has 0 aliphatic carbocycles. The molecule has 0 bridgehead atoms. The summed E-state index contributed by atoms with van der Waals surface area (Å²) in [6.07, 6.45) is 1.18. The van der Waals surface area contributed by atoms with Crippen LogP contribution in [0.3, 0.4) is 0 Å². The molecule has 1 aromatic carbocycles. The van der Waals surface area contributed by atoms with Crippen LogP contribution in [-0.2, 0) is 6.54 Å². The Morgan fingerprint density at radius 3 is 3.06 bits per heavy atom. The fraction of sp³-hybridized carbons (Fsp3) is 0.286. The van der Waals surface area contributed by atoms with Crippen LogP contribution in [0.2, 0.25) is 0 Å². The highest BCUT2D eigenvalue weighted by atomic mass is 79.9. The molecule has 0 radical (unpaired) electrons. The van der Waals surface area contributed by atoms with Gasteiger partial charge in [-0.05, 0) is 40.5 Å². The standard InChI is InChI=1S/C14H15BrN2S/c15-11-8-12(18-10-11)9-17-7-3-6-16-13-4-1-2-5-14(13)17/h1-2,4-5,8,10,16H,3,6-7,9H2. The number of fused-ring (bicyclic) bond motifs is 1. The molecule has 0 atom stereocenters. The van der Waals surface area contributed by atoms with E-state index in [9.17, 15) is 0 Å². The fourth-order valence-electron chi connectivity index (χ4n) is 2.30. The van der Waals surface area contributed by atoms with E-state index < -0.39 is 0 Å². The summed E-state index contributed by atoms with van der Waals surface area (Å²) in [4.78, 5) is 3.87. The molecule has 18 heavy (non-hydrogen) atoms. The largest absolute Gasteiger partial charge is 0.383 e. The second kappa shape index (κ2) is 5.33. The Labute approximate surface area is 120 Å². The van der Waals surface area contributed by atoms with Gasteiger partial charge in [-0.1, -0.05) is 12.1 Å². The van der Waals surface area contributed by atoms with Crippen LogP contribution in [0.5, 0.6) is 0 Å². The zero-order chi connectivity index (χ0) is 12.4. The molecule has 0 saturated carbocycles. The zero-order valence-corrected chi connectivity index (χ0v) is 12.4. The summed E-state index contributed by atoms with van der Waals surface area (Å²) in [6, 6.07) is 10.8. The Bertz CT molecular complexity index is 538. The molecule has 0 spiro atoms. The molecule has 2 nitrogen and oxygen atoms in total. The maximum Gasteiger partial charge on any atom is 0.0605 e. The molecule has 4 heteroatoms. The molecule has 2 aromatic rings. The minimum absolute atomic E-state index is 0.995. The normalized spacial score (nSPS) is 14.8. The molecule has 94 valence electrons. The highest BCUT2D eigenvalue weighted by molar-refractivity contribution is 9.10. The van der Waals surface area contributed by atoms with Crippen LogP contribution in [0, 0.1) is 0 Å². The second-order valence-electron chi connectivity index (χ2n) is 4.45. The number of benzene rings is 1. The van der Waals surface area contributed by atoms with Crippen molar-refractivity contribution < 1.29 is 0 Å². The van der Waals surface area contributed by atoms with Crippen LogP contribution < -0.4 is 10.2 Å². The Kier molecular flexibility index (Phi) is 3.57. The fourth-order valence-corrected chi connectivity index (χ4v) is 3.77. The number of hydrogen-bond acceptors (Lipinski definition) is 3. The third-order valence-electron chi connectivity index (χ3n) is 3.13. The smallest absolute Gasteiger partial charge is 0.0605 e. The quantitative estimate of drug-likeness (QED) is 0.885. The lowest BCUT2D eigenvalue weighted by Crippen LogP contribution is -2.22. The summed E-state index contributed by atoms with van der Waals surface area (Å²) in [5.74, 6) is 0. The molecule has 1 N–H and O–H groups in total. The highest BCUT2D eigenvalue weighted by Crippen LogP contribution is 2.30. The number of anilines is 2. The van der Waals surface area contributed by atoms with Gasteiger partial charge in [-0.25, -0.2) is 0 Å². The highest BCUT2D eigenvalue weighted by Gasteiger charge is 2.15. The van der Waals surface area contributed by atoms with Gasteiger partial charge in [-0.15, -0.1) is 11.3 Å². The Morgan fingerprint density at radius 1 is 1.33 bits per heavy atom. The summed E-state index contributed by atoms with van der Waals surface area (Å²) >= 11 is 5.34. The maximum absolute atomic E-state index is 3.52. The lowest BCUT2D eigenvalue weighted by molar-refractivity contribution is 0.770. The van der Waals surface area contributed by atoms with E-state index in [0.717, 1.165) is 19.6 Å². The summed E-state index contributed by atoms with van der Waals surface area (Å²) in [5, 5.41) is 5.65. The molecule has 0 unspecified atom stereocenters. The predicted octanol–water partition coefficient (Wildman–Crippen LogP) is 4.33. The summed E-state index contributed by atoms with van der Waals surface area (Å²) in [7, 11) is 0. The Hall–Kier alpha value is -1.00. The number of para-hydroxylation sites is 2. The van der Waals surface area contributed by atoms with Crippen molar-refractivity contribution in [2.75, 3.05) is 23.3 Å². The molecule has 1 aliphatic heterocycles. The van der Waals surface area contributed by atoms with Crippen molar-refractivity contribution in [2.45, 2.75) is 13.0 Å². The van der Waals surface area contributed by atoms with Gasteiger partial charge in [0.05, 0.1) is 17.9 Å². The average molecular weight is 323 g/mol. The minimum atomic E-state index is 0.995. The van der Waals surface area contributed by atoms with Crippen LogP contribution in [0.4, 0.5) is 11.4 Å². The number of halogens is 1. The molecular formula is C14H15BrN2S. The van der Waals surface area contributed by atoms with E-state index in [2.05, 4.69) is 61.9 Å². The number of nitrogens with zero attached hydrogens (tertiary/aromatic N) is 1. The second-order valence-corrected chi connectivity index (χ2v) is 6.36. The van der Waals surface area contributed by atoms with E-state index in [1.807, 2.05) is 11.3 Å². The van der Waals surface area contributed by atoms with Crippen LogP contribution in [-0.4, -0.2) is 13.1 Å². The summed E-state index contributed by atoms with van der Waals surface area (Å²) in [6.45, 7) is 3.16. The van der Waals surface area contributed by atoms with Gasteiger partial charge in [0.15, 0.2) is 0 Å². The van der Waals surface area contributed by atoms with Crippen LogP contribution in [0.25, 0.3) is 0 Å². The lowest BCUT2D eigenvalue weighted by Gasteiger charge is -2.23. The van der Waals surface area contributed by atoms with Crippen LogP contribution in [0.1, 0.15) is 11.3 Å². The number of rotatable bonds is 2. The summed E-state index contributed by atoms with van der Waals surface area (Å²) < 4.78 is 1.18. The third-order valence-corrected chi connectivity index (χ3v) is 4.82. The first-order valence-electron chi connectivity index (χ1n) is 6.14. The monoisotopic (exact) mass is 322 g/mol.